The zero-order valence-corrected chi connectivity index (χ0v) is 22.5. The highest BCUT2D eigenvalue weighted by Crippen LogP contribution is 2.36. The van der Waals surface area contributed by atoms with Crippen LogP contribution in [-0.4, -0.2) is 36.7 Å². The fourth-order valence-electron chi connectivity index (χ4n) is 4.53. The van der Waals surface area contributed by atoms with Gasteiger partial charge in [-0.3, -0.25) is 9.69 Å². The van der Waals surface area contributed by atoms with Crippen molar-refractivity contribution in [1.82, 2.24) is 9.29 Å². The Morgan fingerprint density at radius 3 is 2.43 bits per heavy atom. The van der Waals surface area contributed by atoms with Crippen molar-refractivity contribution in [2.45, 2.75) is 31.2 Å². The molecule has 1 aromatic heterocycles. The van der Waals surface area contributed by atoms with Gasteiger partial charge in [-0.15, -0.1) is 0 Å². The maximum Gasteiger partial charge on any atom is 0.243 e. The summed E-state index contributed by atoms with van der Waals surface area (Å²) in [6.07, 6.45) is 0.778. The van der Waals surface area contributed by atoms with Crippen molar-refractivity contribution in [3.8, 4) is 0 Å². The van der Waals surface area contributed by atoms with Crippen LogP contribution in [0.15, 0.2) is 71.6 Å². The fourth-order valence-corrected chi connectivity index (χ4v) is 7.18. The number of halogens is 2. The Balaban J connectivity index is 1.39. The van der Waals surface area contributed by atoms with Gasteiger partial charge in [0.15, 0.2) is 5.13 Å². The van der Waals surface area contributed by atoms with Gasteiger partial charge >= 0.3 is 0 Å². The number of amides is 1. The van der Waals surface area contributed by atoms with Gasteiger partial charge in [-0.1, -0.05) is 53.3 Å². The fraction of sp³-hybridized carbons (Fsp3) is 0.259. The molecule has 192 valence electrons. The van der Waals surface area contributed by atoms with Crippen LogP contribution in [0.1, 0.15) is 24.0 Å². The first-order valence-corrected chi connectivity index (χ1v) is 14.5. The van der Waals surface area contributed by atoms with Gasteiger partial charge in [-0.2, -0.15) is 4.31 Å². The largest absolute Gasteiger partial charge is 0.283 e. The molecule has 2 heterocycles. The second-order valence-corrected chi connectivity index (χ2v) is 12.4. The van der Waals surface area contributed by atoms with E-state index in [4.69, 9.17) is 16.6 Å². The highest BCUT2D eigenvalue weighted by molar-refractivity contribution is 7.89. The third-order valence-electron chi connectivity index (χ3n) is 6.67. The number of fused-ring (bicyclic) bond motifs is 1. The Hall–Kier alpha value is -2.85. The Kier molecular flexibility index (Phi) is 7.31. The Morgan fingerprint density at radius 2 is 1.76 bits per heavy atom. The summed E-state index contributed by atoms with van der Waals surface area (Å²) in [5, 5.41) is 1.22. The topological polar surface area (TPSA) is 70.6 Å². The maximum absolute atomic E-state index is 13.9. The number of carbonyl (C=O) groups is 1. The lowest BCUT2D eigenvalue weighted by Crippen LogP contribution is -2.44. The molecule has 10 heteroatoms. The second kappa shape index (κ2) is 10.5. The van der Waals surface area contributed by atoms with Crippen LogP contribution in [0, 0.1) is 18.7 Å². The van der Waals surface area contributed by atoms with E-state index in [0.29, 0.717) is 29.5 Å². The van der Waals surface area contributed by atoms with E-state index < -0.39 is 15.8 Å². The maximum atomic E-state index is 13.9. The molecule has 6 nitrogen and oxygen atoms in total. The molecule has 0 bridgehead atoms. The summed E-state index contributed by atoms with van der Waals surface area (Å²) >= 11 is 7.75. The van der Waals surface area contributed by atoms with E-state index in [9.17, 15) is 17.6 Å². The van der Waals surface area contributed by atoms with E-state index in [0.717, 1.165) is 33.5 Å². The minimum absolute atomic E-state index is 0.0490. The Labute approximate surface area is 224 Å². The van der Waals surface area contributed by atoms with Crippen molar-refractivity contribution < 1.29 is 17.6 Å². The van der Waals surface area contributed by atoms with Crippen LogP contribution >= 0.6 is 22.9 Å². The molecule has 37 heavy (non-hydrogen) atoms. The average molecular weight is 558 g/mol. The van der Waals surface area contributed by atoms with Crippen LogP contribution in [-0.2, 0) is 21.4 Å². The summed E-state index contributed by atoms with van der Waals surface area (Å²) in [5.74, 6) is -0.917. The van der Waals surface area contributed by atoms with Gasteiger partial charge in [0, 0.05) is 24.0 Å². The number of carbonyl (C=O) groups excluding carboxylic acids is 1. The van der Waals surface area contributed by atoms with Crippen molar-refractivity contribution in [2.75, 3.05) is 18.0 Å². The number of hydrogen-bond donors (Lipinski definition) is 0. The molecule has 0 spiro atoms. The van der Waals surface area contributed by atoms with Gasteiger partial charge in [0.25, 0.3) is 0 Å². The first-order valence-electron chi connectivity index (χ1n) is 11.9. The van der Waals surface area contributed by atoms with Crippen molar-refractivity contribution in [3.05, 3.63) is 88.7 Å². The van der Waals surface area contributed by atoms with Gasteiger partial charge in [-0.05, 0) is 67.3 Å². The zero-order valence-electron chi connectivity index (χ0n) is 20.1. The first kappa shape index (κ1) is 25.8. The summed E-state index contributed by atoms with van der Waals surface area (Å²) in [7, 11) is -3.76. The van der Waals surface area contributed by atoms with Gasteiger partial charge in [0.05, 0.1) is 21.7 Å². The number of hydrogen-bond acceptors (Lipinski definition) is 5. The average Bonchev–Trinajstić information content (AvgIpc) is 3.35. The lowest BCUT2D eigenvalue weighted by Gasteiger charge is -2.33. The Morgan fingerprint density at radius 1 is 1.08 bits per heavy atom. The predicted octanol–water partition coefficient (Wildman–Crippen LogP) is 6.03. The van der Waals surface area contributed by atoms with Crippen LogP contribution < -0.4 is 4.90 Å². The minimum Gasteiger partial charge on any atom is -0.283 e. The van der Waals surface area contributed by atoms with Gasteiger partial charge in [0.1, 0.15) is 5.82 Å². The minimum atomic E-state index is -3.76. The molecule has 1 aliphatic rings. The smallest absolute Gasteiger partial charge is 0.243 e. The third-order valence-corrected chi connectivity index (χ3v) is 10.0. The number of piperidine rings is 1. The molecular weight excluding hydrogens is 533 g/mol. The summed E-state index contributed by atoms with van der Waals surface area (Å²) in [5.41, 5.74) is 2.62. The standard InChI is InChI=1S/C27H25ClFN3O3S2/c1-18-23(28)11-12-24-25(18)30-27(36-24)32(17-19-5-3-2-4-6-19)26(33)20-13-15-31(16-14-20)37(34,35)22-9-7-21(29)8-10-22/h2-12,20H,13-17H2,1H3. The number of aryl methyl sites for hydroxylation is 1. The molecule has 5 rings (SSSR count). The quantitative estimate of drug-likeness (QED) is 0.290. The number of sulfonamides is 1. The van der Waals surface area contributed by atoms with Crippen LogP contribution in [0.4, 0.5) is 9.52 Å². The highest BCUT2D eigenvalue weighted by Gasteiger charge is 2.35. The molecule has 4 aromatic rings. The second-order valence-electron chi connectivity index (χ2n) is 9.06. The van der Waals surface area contributed by atoms with Crippen molar-refractivity contribution >= 4 is 54.2 Å². The molecule has 1 amide bonds. The van der Waals surface area contributed by atoms with Crippen LogP contribution in [0.5, 0.6) is 0 Å². The molecule has 1 saturated heterocycles. The molecular formula is C27H25ClFN3O3S2. The van der Waals surface area contributed by atoms with Crippen molar-refractivity contribution in [3.63, 3.8) is 0 Å². The van der Waals surface area contributed by atoms with Gasteiger partial charge in [0.2, 0.25) is 15.9 Å². The van der Waals surface area contributed by atoms with Crippen LogP contribution in [0.3, 0.4) is 0 Å². The number of benzene rings is 3. The summed E-state index contributed by atoms with van der Waals surface area (Å²) in [4.78, 5) is 20.4. The van der Waals surface area contributed by atoms with E-state index in [1.807, 2.05) is 49.4 Å². The van der Waals surface area contributed by atoms with Crippen molar-refractivity contribution in [1.29, 1.82) is 0 Å². The van der Waals surface area contributed by atoms with Crippen molar-refractivity contribution in [2.24, 2.45) is 5.92 Å². The Bertz CT molecular complexity index is 1530. The van der Waals surface area contributed by atoms with E-state index in [1.54, 1.807) is 4.90 Å². The molecule has 0 atom stereocenters. The lowest BCUT2D eigenvalue weighted by atomic mass is 9.96. The molecule has 0 aliphatic carbocycles. The lowest BCUT2D eigenvalue weighted by molar-refractivity contribution is -0.123. The molecule has 3 aromatic carbocycles. The van der Waals surface area contributed by atoms with Crippen LogP contribution in [0.2, 0.25) is 5.02 Å². The molecule has 0 N–H and O–H groups in total. The van der Waals surface area contributed by atoms with E-state index in [-0.39, 0.29) is 29.8 Å². The summed E-state index contributed by atoms with van der Waals surface area (Å²) in [6.45, 7) is 2.70. The van der Waals surface area contributed by atoms with E-state index in [1.165, 1.54) is 27.8 Å². The van der Waals surface area contributed by atoms with E-state index >= 15 is 0 Å². The monoisotopic (exact) mass is 557 g/mol. The molecule has 1 aliphatic heterocycles. The summed E-state index contributed by atoms with van der Waals surface area (Å²) in [6, 6.07) is 18.3. The highest BCUT2D eigenvalue weighted by atomic mass is 35.5. The third kappa shape index (κ3) is 5.27. The normalized spacial score (nSPS) is 15.2. The molecule has 0 unspecified atom stereocenters. The first-order chi connectivity index (χ1) is 17.7. The molecule has 0 saturated carbocycles. The number of rotatable bonds is 6. The van der Waals surface area contributed by atoms with E-state index in [2.05, 4.69) is 0 Å². The van der Waals surface area contributed by atoms with Gasteiger partial charge < -0.3 is 0 Å². The molecule has 0 radical (unpaired) electrons. The SMILES string of the molecule is Cc1c(Cl)ccc2sc(N(Cc3ccccc3)C(=O)C3CCN(S(=O)(=O)c4ccc(F)cc4)CC3)nc12. The number of anilines is 1. The van der Waals surface area contributed by atoms with Gasteiger partial charge in [-0.25, -0.2) is 17.8 Å². The zero-order chi connectivity index (χ0) is 26.2. The molecule has 1 fully saturated rings. The number of aromatic nitrogens is 1. The van der Waals surface area contributed by atoms with Crippen LogP contribution in [0.25, 0.3) is 10.2 Å². The number of thiazole rings is 1. The predicted molar refractivity (Wildman–Crippen MR) is 145 cm³/mol. The number of nitrogens with zero attached hydrogens (tertiary/aromatic N) is 3. The summed E-state index contributed by atoms with van der Waals surface area (Å²) < 4.78 is 41.6.